The van der Waals surface area contributed by atoms with Gasteiger partial charge in [0, 0.05) is 0 Å². The SMILES string of the molecule is O=C1NC2(CCCCC2)C(=O)N1CC(F)(F)F. The topological polar surface area (TPSA) is 49.4 Å². The van der Waals surface area contributed by atoms with Crippen molar-refractivity contribution in [2.24, 2.45) is 0 Å². The zero-order chi connectivity index (χ0) is 12.7. The monoisotopic (exact) mass is 250 g/mol. The zero-order valence-electron chi connectivity index (χ0n) is 9.14. The fourth-order valence-corrected chi connectivity index (χ4v) is 2.49. The van der Waals surface area contributed by atoms with Crippen LogP contribution in [0.1, 0.15) is 32.1 Å². The van der Waals surface area contributed by atoms with Gasteiger partial charge in [0.1, 0.15) is 12.1 Å². The molecule has 0 bridgehead atoms. The lowest BCUT2D eigenvalue weighted by Gasteiger charge is -2.30. The van der Waals surface area contributed by atoms with Gasteiger partial charge in [-0.3, -0.25) is 9.69 Å². The number of imide groups is 1. The molecule has 2 aliphatic rings. The van der Waals surface area contributed by atoms with Crippen molar-refractivity contribution in [1.29, 1.82) is 0 Å². The molecule has 0 unspecified atom stereocenters. The first kappa shape index (κ1) is 12.2. The number of amides is 3. The van der Waals surface area contributed by atoms with Crippen molar-refractivity contribution in [3.05, 3.63) is 0 Å². The van der Waals surface area contributed by atoms with E-state index in [9.17, 15) is 22.8 Å². The lowest BCUT2D eigenvalue weighted by Crippen LogP contribution is -2.48. The standard InChI is InChI=1S/C10H13F3N2O2/c11-10(12,13)6-15-7(16)9(14-8(15)17)4-2-1-3-5-9/h1-6H2,(H,14,17). The van der Waals surface area contributed by atoms with Gasteiger partial charge in [-0.15, -0.1) is 0 Å². The average molecular weight is 250 g/mol. The zero-order valence-corrected chi connectivity index (χ0v) is 9.14. The number of carbonyl (C=O) groups is 2. The van der Waals surface area contributed by atoms with E-state index < -0.39 is 30.2 Å². The summed E-state index contributed by atoms with van der Waals surface area (Å²) in [4.78, 5) is 23.6. The molecular weight excluding hydrogens is 237 g/mol. The number of nitrogens with zero attached hydrogens (tertiary/aromatic N) is 1. The van der Waals surface area contributed by atoms with Gasteiger partial charge < -0.3 is 5.32 Å². The number of rotatable bonds is 1. The van der Waals surface area contributed by atoms with Crippen molar-refractivity contribution in [3.63, 3.8) is 0 Å². The summed E-state index contributed by atoms with van der Waals surface area (Å²) < 4.78 is 36.7. The Morgan fingerprint density at radius 3 is 2.29 bits per heavy atom. The van der Waals surface area contributed by atoms with E-state index in [4.69, 9.17) is 0 Å². The largest absolute Gasteiger partial charge is 0.406 e. The van der Waals surface area contributed by atoms with Crippen LogP contribution >= 0.6 is 0 Å². The summed E-state index contributed by atoms with van der Waals surface area (Å²) in [5.74, 6) is -0.723. The molecule has 3 amide bonds. The molecule has 7 heteroatoms. The van der Waals surface area contributed by atoms with Gasteiger partial charge in [-0.2, -0.15) is 13.2 Å². The van der Waals surface area contributed by atoms with Crippen molar-refractivity contribution in [2.45, 2.75) is 43.8 Å². The molecule has 1 spiro atoms. The number of hydrogen-bond donors (Lipinski definition) is 1. The second-order valence-corrected chi connectivity index (χ2v) is 4.58. The molecular formula is C10H13F3N2O2. The normalized spacial score (nSPS) is 24.3. The molecule has 0 aromatic heterocycles. The number of nitrogens with one attached hydrogen (secondary N) is 1. The first-order valence-corrected chi connectivity index (χ1v) is 5.55. The van der Waals surface area contributed by atoms with E-state index in [1.165, 1.54) is 0 Å². The van der Waals surface area contributed by atoms with Gasteiger partial charge in [-0.05, 0) is 12.8 Å². The Bertz CT molecular complexity index is 348. The Balaban J connectivity index is 2.16. The summed E-state index contributed by atoms with van der Waals surface area (Å²) >= 11 is 0. The van der Waals surface area contributed by atoms with Crippen LogP contribution in [0.4, 0.5) is 18.0 Å². The van der Waals surface area contributed by atoms with E-state index in [0.29, 0.717) is 12.8 Å². The second kappa shape index (κ2) is 3.89. The van der Waals surface area contributed by atoms with Crippen LogP contribution in [0.15, 0.2) is 0 Å². The predicted octanol–water partition coefficient (Wildman–Crippen LogP) is 1.80. The van der Waals surface area contributed by atoms with E-state index >= 15 is 0 Å². The van der Waals surface area contributed by atoms with Gasteiger partial charge in [-0.1, -0.05) is 19.3 Å². The molecule has 1 N–H and O–H groups in total. The van der Waals surface area contributed by atoms with E-state index in [-0.39, 0.29) is 4.90 Å². The van der Waals surface area contributed by atoms with Crippen LogP contribution in [0.25, 0.3) is 0 Å². The minimum Gasteiger partial charge on any atom is -0.323 e. The highest BCUT2D eigenvalue weighted by Crippen LogP contribution is 2.34. The van der Waals surface area contributed by atoms with Crippen LogP contribution in [0.3, 0.4) is 0 Å². The van der Waals surface area contributed by atoms with Crippen LogP contribution in [0.5, 0.6) is 0 Å². The van der Waals surface area contributed by atoms with Crippen molar-refractivity contribution in [1.82, 2.24) is 10.2 Å². The summed E-state index contributed by atoms with van der Waals surface area (Å²) in [5, 5.41) is 2.43. The van der Waals surface area contributed by atoms with Gasteiger partial charge in [0.2, 0.25) is 0 Å². The minimum atomic E-state index is -4.55. The Labute approximate surface area is 96.1 Å². The average Bonchev–Trinajstić information content (AvgIpc) is 2.43. The molecule has 1 saturated heterocycles. The summed E-state index contributed by atoms with van der Waals surface area (Å²) in [7, 11) is 0. The van der Waals surface area contributed by atoms with E-state index in [1.807, 2.05) is 0 Å². The number of carbonyl (C=O) groups excluding carboxylic acids is 2. The van der Waals surface area contributed by atoms with Gasteiger partial charge in [-0.25, -0.2) is 4.79 Å². The number of urea groups is 1. The lowest BCUT2D eigenvalue weighted by atomic mass is 9.82. The molecule has 0 atom stereocenters. The second-order valence-electron chi connectivity index (χ2n) is 4.58. The minimum absolute atomic E-state index is 0.283. The number of alkyl halides is 3. The van der Waals surface area contributed by atoms with Gasteiger partial charge in [0.25, 0.3) is 5.91 Å². The molecule has 4 nitrogen and oxygen atoms in total. The Morgan fingerprint density at radius 2 is 1.76 bits per heavy atom. The smallest absolute Gasteiger partial charge is 0.323 e. The molecule has 0 aromatic carbocycles. The summed E-state index contributed by atoms with van der Waals surface area (Å²) in [5.41, 5.74) is -1.07. The molecule has 2 rings (SSSR count). The summed E-state index contributed by atoms with van der Waals surface area (Å²) in [6.07, 6.45) is -1.22. The molecule has 1 aliphatic heterocycles. The number of halogens is 3. The van der Waals surface area contributed by atoms with Crippen molar-refractivity contribution < 1.29 is 22.8 Å². The first-order valence-electron chi connectivity index (χ1n) is 5.55. The highest BCUT2D eigenvalue weighted by molar-refractivity contribution is 6.07. The Kier molecular flexibility index (Phi) is 2.79. The maximum absolute atomic E-state index is 12.2. The molecule has 2 fully saturated rings. The van der Waals surface area contributed by atoms with Crippen LogP contribution in [-0.4, -0.2) is 35.1 Å². The third kappa shape index (κ3) is 2.23. The van der Waals surface area contributed by atoms with Gasteiger partial charge in [0.05, 0.1) is 0 Å². The Hall–Kier alpha value is -1.27. The fourth-order valence-electron chi connectivity index (χ4n) is 2.49. The third-order valence-electron chi connectivity index (χ3n) is 3.29. The predicted molar refractivity (Wildman–Crippen MR) is 52.1 cm³/mol. The molecule has 1 aliphatic carbocycles. The summed E-state index contributed by atoms with van der Waals surface area (Å²) in [6.45, 7) is -1.50. The first-order chi connectivity index (χ1) is 7.84. The Morgan fingerprint density at radius 1 is 1.18 bits per heavy atom. The van der Waals surface area contributed by atoms with Crippen LogP contribution in [0.2, 0.25) is 0 Å². The van der Waals surface area contributed by atoms with Gasteiger partial charge in [0.15, 0.2) is 0 Å². The highest BCUT2D eigenvalue weighted by Gasteiger charge is 2.53. The molecule has 0 aromatic rings. The molecule has 1 saturated carbocycles. The van der Waals surface area contributed by atoms with Crippen molar-refractivity contribution in [3.8, 4) is 0 Å². The van der Waals surface area contributed by atoms with Crippen LogP contribution < -0.4 is 5.32 Å². The third-order valence-corrected chi connectivity index (χ3v) is 3.29. The molecule has 0 radical (unpaired) electrons. The molecule has 1 heterocycles. The molecule has 96 valence electrons. The van der Waals surface area contributed by atoms with Gasteiger partial charge >= 0.3 is 12.2 Å². The maximum atomic E-state index is 12.2. The van der Waals surface area contributed by atoms with E-state index in [2.05, 4.69) is 5.32 Å². The maximum Gasteiger partial charge on any atom is 0.406 e. The fraction of sp³-hybridized carbons (Fsp3) is 0.800. The number of hydrogen-bond acceptors (Lipinski definition) is 2. The van der Waals surface area contributed by atoms with Crippen LogP contribution in [-0.2, 0) is 4.79 Å². The lowest BCUT2D eigenvalue weighted by molar-refractivity contribution is -0.155. The quantitative estimate of drug-likeness (QED) is 0.721. The van der Waals surface area contributed by atoms with E-state index in [0.717, 1.165) is 19.3 Å². The van der Waals surface area contributed by atoms with Crippen molar-refractivity contribution in [2.75, 3.05) is 6.54 Å². The molecule has 17 heavy (non-hydrogen) atoms. The van der Waals surface area contributed by atoms with Crippen molar-refractivity contribution >= 4 is 11.9 Å². The summed E-state index contributed by atoms with van der Waals surface area (Å²) in [6, 6.07) is -0.922. The van der Waals surface area contributed by atoms with Crippen LogP contribution in [0, 0.1) is 0 Å². The van der Waals surface area contributed by atoms with E-state index in [1.54, 1.807) is 0 Å². The highest BCUT2D eigenvalue weighted by atomic mass is 19.4.